The lowest BCUT2D eigenvalue weighted by Gasteiger charge is -2.20. The Balaban J connectivity index is 2.34. The van der Waals surface area contributed by atoms with Crippen LogP contribution in [0.25, 0.3) is 0 Å². The maximum absolute atomic E-state index is 6.41. The molecule has 0 radical (unpaired) electrons. The molecule has 0 N–H and O–H groups in total. The molecule has 0 aliphatic heterocycles. The van der Waals surface area contributed by atoms with Gasteiger partial charge in [-0.1, -0.05) is 90.8 Å². The van der Waals surface area contributed by atoms with Crippen molar-refractivity contribution < 1.29 is 0 Å². The molecule has 0 nitrogen and oxygen atoms in total. The van der Waals surface area contributed by atoms with Gasteiger partial charge in [-0.3, -0.25) is 0 Å². The van der Waals surface area contributed by atoms with Gasteiger partial charge in [0.25, 0.3) is 0 Å². The summed E-state index contributed by atoms with van der Waals surface area (Å²) in [5, 5.41) is 0.842. The average Bonchev–Trinajstić information content (AvgIpc) is 2.40. The number of hydrogen-bond acceptors (Lipinski definition) is 0. The highest BCUT2D eigenvalue weighted by Gasteiger charge is 2.17. The Morgan fingerprint density at radius 2 is 1.60 bits per heavy atom. The molecular weight excluding hydrogens is 332 g/mol. The molecule has 0 spiro atoms. The minimum Gasteiger partial charge on any atom is -0.0837 e. The van der Waals surface area contributed by atoms with Gasteiger partial charge in [0.2, 0.25) is 0 Å². The van der Waals surface area contributed by atoms with E-state index < -0.39 is 0 Å². The van der Waals surface area contributed by atoms with Crippen molar-refractivity contribution in [2.75, 3.05) is 0 Å². The van der Waals surface area contributed by atoms with Crippen LogP contribution in [0.15, 0.2) is 42.5 Å². The molecule has 0 aliphatic rings. The van der Waals surface area contributed by atoms with E-state index in [1.165, 1.54) is 11.1 Å². The van der Waals surface area contributed by atoms with Crippen LogP contribution in [0.3, 0.4) is 0 Å². The van der Waals surface area contributed by atoms with E-state index in [2.05, 4.69) is 67.0 Å². The van der Waals surface area contributed by atoms with Crippen molar-refractivity contribution in [1.29, 1.82) is 0 Å². The van der Waals surface area contributed by atoms with Crippen LogP contribution in [0.1, 0.15) is 47.9 Å². The first-order valence-corrected chi connectivity index (χ1v) is 8.09. The highest BCUT2D eigenvalue weighted by atomic mass is 79.9. The van der Waals surface area contributed by atoms with Gasteiger partial charge in [-0.2, -0.15) is 0 Å². The van der Waals surface area contributed by atoms with Crippen LogP contribution in [-0.2, 0) is 5.41 Å². The second-order valence-corrected chi connectivity index (χ2v) is 7.51. The van der Waals surface area contributed by atoms with Gasteiger partial charge < -0.3 is 0 Å². The Bertz CT molecular complexity index is 594. The molecule has 1 unspecified atom stereocenters. The number of aryl methyl sites for hydroxylation is 1. The zero-order chi connectivity index (χ0) is 14.9. The normalized spacial score (nSPS) is 13.3. The van der Waals surface area contributed by atoms with E-state index in [1.807, 2.05) is 19.1 Å². The Labute approximate surface area is 135 Å². The van der Waals surface area contributed by atoms with Crippen LogP contribution < -0.4 is 0 Å². The molecule has 0 heterocycles. The monoisotopic (exact) mass is 350 g/mol. The van der Waals surface area contributed by atoms with Crippen molar-refractivity contribution in [1.82, 2.24) is 0 Å². The molecule has 106 valence electrons. The van der Waals surface area contributed by atoms with E-state index in [0.717, 1.165) is 16.1 Å². The molecule has 20 heavy (non-hydrogen) atoms. The zero-order valence-electron chi connectivity index (χ0n) is 12.4. The molecule has 0 amide bonds. The van der Waals surface area contributed by atoms with Crippen molar-refractivity contribution in [2.45, 2.75) is 37.9 Å². The van der Waals surface area contributed by atoms with Gasteiger partial charge in [-0.15, -0.1) is 0 Å². The van der Waals surface area contributed by atoms with E-state index in [9.17, 15) is 0 Å². The van der Waals surface area contributed by atoms with Crippen LogP contribution in [-0.4, -0.2) is 0 Å². The molecular formula is C18H20BrCl. The molecule has 0 fully saturated rings. The number of halogens is 2. The third-order valence-electron chi connectivity index (χ3n) is 3.56. The Morgan fingerprint density at radius 1 is 1.00 bits per heavy atom. The van der Waals surface area contributed by atoms with Gasteiger partial charge in [-0.25, -0.2) is 0 Å². The van der Waals surface area contributed by atoms with Crippen molar-refractivity contribution in [3.63, 3.8) is 0 Å². The van der Waals surface area contributed by atoms with Crippen molar-refractivity contribution >= 4 is 27.5 Å². The smallest absolute Gasteiger partial charge is 0.0659 e. The van der Waals surface area contributed by atoms with Crippen LogP contribution in [0.2, 0.25) is 5.02 Å². The van der Waals surface area contributed by atoms with Gasteiger partial charge in [-0.05, 0) is 34.6 Å². The first-order valence-electron chi connectivity index (χ1n) is 6.80. The zero-order valence-corrected chi connectivity index (χ0v) is 14.7. The number of hydrogen-bond donors (Lipinski definition) is 0. The molecule has 0 saturated carbocycles. The lowest BCUT2D eigenvalue weighted by atomic mass is 9.86. The van der Waals surface area contributed by atoms with E-state index in [1.54, 1.807) is 0 Å². The summed E-state index contributed by atoms with van der Waals surface area (Å²) in [5.74, 6) is 0. The summed E-state index contributed by atoms with van der Waals surface area (Å²) >= 11 is 10.2. The maximum Gasteiger partial charge on any atom is 0.0659 e. The molecule has 0 saturated heterocycles. The van der Waals surface area contributed by atoms with Gasteiger partial charge in [0.05, 0.1) is 4.83 Å². The molecule has 2 rings (SSSR count). The van der Waals surface area contributed by atoms with Crippen LogP contribution in [0, 0.1) is 6.92 Å². The molecule has 0 aromatic heterocycles. The summed E-state index contributed by atoms with van der Waals surface area (Å²) in [5.41, 5.74) is 4.98. The Kier molecular flexibility index (Phi) is 4.61. The number of alkyl halides is 1. The first-order chi connectivity index (χ1) is 9.30. The van der Waals surface area contributed by atoms with Crippen molar-refractivity contribution in [2.24, 2.45) is 0 Å². The minimum atomic E-state index is 0.129. The highest BCUT2D eigenvalue weighted by Crippen LogP contribution is 2.37. The molecule has 2 heteroatoms. The second kappa shape index (κ2) is 5.91. The Hall–Kier alpha value is -0.790. The SMILES string of the molecule is Cc1cccc(C(Br)c2ccc(C(C)(C)C)cc2)c1Cl. The molecule has 2 aromatic rings. The lowest BCUT2D eigenvalue weighted by molar-refractivity contribution is 0.590. The fourth-order valence-corrected chi connectivity index (χ4v) is 3.25. The summed E-state index contributed by atoms with van der Waals surface area (Å²) in [6.07, 6.45) is 0. The summed E-state index contributed by atoms with van der Waals surface area (Å²) in [6.45, 7) is 8.72. The fourth-order valence-electron chi connectivity index (χ4n) is 2.20. The fraction of sp³-hybridized carbons (Fsp3) is 0.333. The summed E-state index contributed by atoms with van der Waals surface area (Å²) in [6, 6.07) is 14.9. The Morgan fingerprint density at radius 3 is 2.15 bits per heavy atom. The largest absolute Gasteiger partial charge is 0.0837 e. The quantitative estimate of drug-likeness (QED) is 0.547. The summed E-state index contributed by atoms with van der Waals surface area (Å²) in [7, 11) is 0. The number of rotatable bonds is 2. The second-order valence-electron chi connectivity index (χ2n) is 6.21. The topological polar surface area (TPSA) is 0 Å². The predicted molar refractivity (Wildman–Crippen MR) is 92.1 cm³/mol. The van der Waals surface area contributed by atoms with E-state index >= 15 is 0 Å². The summed E-state index contributed by atoms with van der Waals surface area (Å²) < 4.78 is 0. The standard InChI is InChI=1S/C18H20BrCl/c1-12-6-5-7-15(17(12)20)16(19)13-8-10-14(11-9-13)18(2,3)4/h5-11,16H,1-4H3. The molecule has 2 aromatic carbocycles. The number of benzene rings is 2. The van der Waals surface area contributed by atoms with Gasteiger partial charge in [0.15, 0.2) is 0 Å². The molecule has 0 bridgehead atoms. The summed E-state index contributed by atoms with van der Waals surface area (Å²) in [4.78, 5) is 0.129. The molecule has 0 aliphatic carbocycles. The minimum absolute atomic E-state index is 0.129. The highest BCUT2D eigenvalue weighted by molar-refractivity contribution is 9.09. The van der Waals surface area contributed by atoms with Gasteiger partial charge in [0.1, 0.15) is 0 Å². The van der Waals surface area contributed by atoms with Gasteiger partial charge >= 0.3 is 0 Å². The van der Waals surface area contributed by atoms with E-state index in [0.29, 0.717) is 0 Å². The predicted octanol–water partition coefficient (Wildman–Crippen LogP) is 6.43. The van der Waals surface area contributed by atoms with Crippen molar-refractivity contribution in [3.05, 3.63) is 69.7 Å². The maximum atomic E-state index is 6.41. The average molecular weight is 352 g/mol. The van der Waals surface area contributed by atoms with Crippen molar-refractivity contribution in [3.8, 4) is 0 Å². The third kappa shape index (κ3) is 3.27. The third-order valence-corrected chi connectivity index (χ3v) is 5.10. The van der Waals surface area contributed by atoms with Crippen LogP contribution in [0.4, 0.5) is 0 Å². The van der Waals surface area contributed by atoms with E-state index in [-0.39, 0.29) is 10.2 Å². The lowest BCUT2D eigenvalue weighted by Crippen LogP contribution is -2.10. The first kappa shape index (κ1) is 15.6. The van der Waals surface area contributed by atoms with Gasteiger partial charge in [0, 0.05) is 5.02 Å². The van der Waals surface area contributed by atoms with Crippen LogP contribution in [0.5, 0.6) is 0 Å². The van der Waals surface area contributed by atoms with E-state index in [4.69, 9.17) is 11.6 Å². The molecule has 1 atom stereocenters. The van der Waals surface area contributed by atoms with Crippen LogP contribution >= 0.6 is 27.5 Å².